The first-order valence-corrected chi connectivity index (χ1v) is 18.7. The van der Waals surface area contributed by atoms with Crippen LogP contribution in [0.2, 0.25) is 0 Å². The molecule has 280 valence electrons. The van der Waals surface area contributed by atoms with Crippen LogP contribution < -0.4 is 0 Å². The fraction of sp³-hybridized carbons (Fsp3) is 0.462. The number of Topliss-reactive ketones (excluding diaryl/α,β-unsaturated/α-hetero) is 2. The molecule has 11 nitrogen and oxygen atoms in total. The highest BCUT2D eigenvalue weighted by molar-refractivity contribution is 9.10. The van der Waals surface area contributed by atoms with Crippen LogP contribution in [0.15, 0.2) is 45.3 Å². The van der Waals surface area contributed by atoms with Gasteiger partial charge in [-0.15, -0.1) is 0 Å². The van der Waals surface area contributed by atoms with Crippen LogP contribution in [0, 0.1) is 0 Å². The summed E-state index contributed by atoms with van der Waals surface area (Å²) in [6.07, 6.45) is 2.18. The Labute approximate surface area is 320 Å². The standard InChI is InChI=1S/C17H18BrNO3.C12H10BrNO.C10H18O5/c1-17(2,3)22-16(21)19-13-8-7-10(18)9-12(13)11-5-4-6-14(20)15(11)19;13-7-4-5-10-9(6-7)8-2-1-3-11(15)12(8)14-10;1-9(2,3)14-7(11)13-8(12)15-10(4,5)6/h7-9H,4-6H2,1-3H3;4-6,14H,1-3H2;1-6H3. The van der Waals surface area contributed by atoms with Gasteiger partial charge in [-0.2, -0.15) is 0 Å². The zero-order valence-electron chi connectivity index (χ0n) is 31.1. The monoisotopic (exact) mass is 844 g/mol. The number of hydrogen-bond acceptors (Lipinski definition) is 9. The van der Waals surface area contributed by atoms with Gasteiger partial charge in [0.05, 0.1) is 16.9 Å². The molecule has 4 aromatic rings. The summed E-state index contributed by atoms with van der Waals surface area (Å²) in [6.45, 7) is 15.5. The number of hydrogen-bond donors (Lipinski definition) is 1. The Morgan fingerprint density at radius 2 is 1.15 bits per heavy atom. The maximum atomic E-state index is 12.6. The summed E-state index contributed by atoms with van der Waals surface area (Å²) in [6, 6.07) is 11.8. The number of halogens is 2. The van der Waals surface area contributed by atoms with Gasteiger partial charge in [0.15, 0.2) is 11.6 Å². The van der Waals surface area contributed by atoms with E-state index in [1.54, 1.807) is 41.5 Å². The number of nitrogens with one attached hydrogen (secondary N) is 1. The molecule has 2 aromatic heterocycles. The van der Waals surface area contributed by atoms with E-state index in [0.29, 0.717) is 18.5 Å². The fourth-order valence-electron chi connectivity index (χ4n) is 5.79. The summed E-state index contributed by atoms with van der Waals surface area (Å²) in [7, 11) is 0. The van der Waals surface area contributed by atoms with Crippen molar-refractivity contribution in [2.24, 2.45) is 0 Å². The van der Waals surface area contributed by atoms with Crippen molar-refractivity contribution in [3.8, 4) is 0 Å². The number of benzene rings is 2. The van der Waals surface area contributed by atoms with Crippen LogP contribution in [0.4, 0.5) is 14.4 Å². The minimum absolute atomic E-state index is 0.0134. The second kappa shape index (κ2) is 16.0. The average molecular weight is 847 g/mol. The summed E-state index contributed by atoms with van der Waals surface area (Å²) in [5.74, 6) is 0.267. The first-order chi connectivity index (χ1) is 24.0. The molecule has 0 spiro atoms. The van der Waals surface area contributed by atoms with Crippen molar-refractivity contribution >= 4 is 83.6 Å². The summed E-state index contributed by atoms with van der Waals surface area (Å²) in [5, 5.41) is 2.13. The lowest BCUT2D eigenvalue weighted by Crippen LogP contribution is -2.29. The number of rotatable bonds is 0. The molecule has 0 amide bonds. The normalized spacial score (nSPS) is 14.3. The molecular formula is C39H46Br2N2O9. The van der Waals surface area contributed by atoms with Crippen molar-refractivity contribution in [3.05, 3.63) is 67.9 Å². The van der Waals surface area contributed by atoms with E-state index in [-0.39, 0.29) is 11.6 Å². The van der Waals surface area contributed by atoms with E-state index in [9.17, 15) is 24.0 Å². The van der Waals surface area contributed by atoms with Crippen LogP contribution in [0.3, 0.4) is 0 Å². The van der Waals surface area contributed by atoms with Crippen molar-refractivity contribution in [1.29, 1.82) is 0 Å². The number of carbonyl (C=O) groups excluding carboxylic acids is 5. The first-order valence-electron chi connectivity index (χ1n) is 17.1. The maximum absolute atomic E-state index is 12.6. The number of aryl methyl sites for hydroxylation is 2. The Kier molecular flexibility index (Phi) is 12.5. The topological polar surface area (TPSA) is 143 Å². The SMILES string of the molecule is CC(C)(C)OC(=O)OC(=O)OC(C)(C)C.CC(C)(C)OC(=O)n1c2c(c3cc(Br)ccc31)CCCC2=O.O=C1CCCc2c1[nH]c1ccc(Br)cc21. The number of H-pyrrole nitrogens is 1. The lowest BCUT2D eigenvalue weighted by molar-refractivity contribution is -0.0294. The summed E-state index contributed by atoms with van der Waals surface area (Å²) >= 11 is 6.92. The lowest BCUT2D eigenvalue weighted by atomic mass is 9.94. The molecule has 2 aliphatic carbocycles. The van der Waals surface area contributed by atoms with Crippen molar-refractivity contribution in [1.82, 2.24) is 9.55 Å². The van der Waals surface area contributed by atoms with Gasteiger partial charge in [0, 0.05) is 38.1 Å². The Bertz CT molecular complexity index is 2000. The number of aromatic amines is 1. The van der Waals surface area contributed by atoms with Gasteiger partial charge in [-0.3, -0.25) is 9.59 Å². The molecule has 0 radical (unpaired) electrons. The van der Waals surface area contributed by atoms with E-state index in [1.807, 2.05) is 51.1 Å². The van der Waals surface area contributed by atoms with E-state index in [4.69, 9.17) is 14.2 Å². The molecule has 2 heterocycles. The number of nitrogens with zero attached hydrogens (tertiary/aromatic N) is 1. The predicted molar refractivity (Wildman–Crippen MR) is 205 cm³/mol. The summed E-state index contributed by atoms with van der Waals surface area (Å²) in [5.41, 5.74) is 3.28. The summed E-state index contributed by atoms with van der Waals surface area (Å²) < 4.78 is 22.7. The van der Waals surface area contributed by atoms with Crippen LogP contribution >= 0.6 is 31.9 Å². The second-order valence-electron chi connectivity index (χ2n) is 15.6. The fourth-order valence-corrected chi connectivity index (χ4v) is 6.52. The van der Waals surface area contributed by atoms with Crippen LogP contribution in [-0.2, 0) is 31.8 Å². The number of carbonyl (C=O) groups is 5. The van der Waals surface area contributed by atoms with E-state index < -0.39 is 35.2 Å². The zero-order valence-corrected chi connectivity index (χ0v) is 34.3. The third-order valence-electron chi connectivity index (χ3n) is 7.63. The Morgan fingerprint density at radius 1 is 0.654 bits per heavy atom. The van der Waals surface area contributed by atoms with Gasteiger partial charge in [-0.05, 0) is 136 Å². The quantitative estimate of drug-likeness (QED) is 0.104. The Balaban J connectivity index is 0.000000180. The van der Waals surface area contributed by atoms with Crippen LogP contribution in [0.1, 0.15) is 120 Å². The Morgan fingerprint density at radius 3 is 1.71 bits per heavy atom. The van der Waals surface area contributed by atoms with E-state index in [0.717, 1.165) is 62.3 Å². The molecule has 2 aromatic carbocycles. The highest BCUT2D eigenvalue weighted by Crippen LogP contribution is 2.35. The van der Waals surface area contributed by atoms with E-state index >= 15 is 0 Å². The largest absolute Gasteiger partial charge is 0.519 e. The predicted octanol–water partition coefficient (Wildman–Crippen LogP) is 11.0. The van der Waals surface area contributed by atoms with Gasteiger partial charge < -0.3 is 23.9 Å². The van der Waals surface area contributed by atoms with Gasteiger partial charge in [-0.25, -0.2) is 19.0 Å². The molecule has 13 heteroatoms. The molecule has 1 N–H and O–H groups in total. The van der Waals surface area contributed by atoms with Crippen LogP contribution in [0.25, 0.3) is 21.8 Å². The molecule has 2 aliphatic rings. The lowest BCUT2D eigenvalue weighted by Gasteiger charge is -2.21. The summed E-state index contributed by atoms with van der Waals surface area (Å²) in [4.78, 5) is 61.9. The molecule has 0 bridgehead atoms. The van der Waals surface area contributed by atoms with Gasteiger partial charge in [0.25, 0.3) is 0 Å². The Hall–Kier alpha value is -3.97. The molecular weight excluding hydrogens is 800 g/mol. The molecule has 6 rings (SSSR count). The van der Waals surface area contributed by atoms with Crippen molar-refractivity contribution in [2.75, 3.05) is 0 Å². The zero-order chi connectivity index (χ0) is 38.8. The first kappa shape index (κ1) is 40.8. The number of ketones is 2. The van der Waals surface area contributed by atoms with E-state index in [1.165, 1.54) is 15.5 Å². The van der Waals surface area contributed by atoms with Gasteiger partial charge >= 0.3 is 18.4 Å². The van der Waals surface area contributed by atoms with Crippen molar-refractivity contribution < 1.29 is 42.9 Å². The van der Waals surface area contributed by atoms with Gasteiger partial charge in [-0.1, -0.05) is 31.9 Å². The van der Waals surface area contributed by atoms with Crippen molar-refractivity contribution in [2.45, 2.75) is 118 Å². The second-order valence-corrected chi connectivity index (χ2v) is 17.4. The van der Waals surface area contributed by atoms with Gasteiger partial charge in [0.2, 0.25) is 0 Å². The van der Waals surface area contributed by atoms with Crippen LogP contribution in [0.5, 0.6) is 0 Å². The molecule has 0 fully saturated rings. The van der Waals surface area contributed by atoms with Gasteiger partial charge in [0.1, 0.15) is 16.8 Å². The molecule has 0 atom stereocenters. The van der Waals surface area contributed by atoms with E-state index in [2.05, 4.69) is 47.6 Å². The minimum atomic E-state index is -1.06. The highest BCUT2D eigenvalue weighted by atomic mass is 79.9. The minimum Gasteiger partial charge on any atom is -0.443 e. The van der Waals surface area contributed by atoms with Crippen LogP contribution in [-0.4, -0.2) is 56.3 Å². The van der Waals surface area contributed by atoms with Crippen molar-refractivity contribution in [3.63, 3.8) is 0 Å². The smallest absolute Gasteiger partial charge is 0.443 e. The maximum Gasteiger partial charge on any atom is 0.519 e. The molecule has 0 saturated heterocycles. The third kappa shape index (κ3) is 10.8. The third-order valence-corrected chi connectivity index (χ3v) is 8.61. The average Bonchev–Trinajstić information content (AvgIpc) is 3.52. The number of ether oxygens (including phenoxy) is 4. The molecule has 0 saturated carbocycles. The highest BCUT2D eigenvalue weighted by Gasteiger charge is 2.31. The molecule has 52 heavy (non-hydrogen) atoms. The molecule has 0 aliphatic heterocycles. The molecule has 0 unspecified atom stereocenters. The number of fused-ring (bicyclic) bond motifs is 6. The number of aromatic nitrogens is 2.